The van der Waals surface area contributed by atoms with Gasteiger partial charge in [0.25, 0.3) is 0 Å². The van der Waals surface area contributed by atoms with Gasteiger partial charge in [-0.05, 0) is 0 Å². The zero-order valence-corrected chi connectivity index (χ0v) is 9.67. The van der Waals surface area contributed by atoms with Crippen LogP contribution >= 0.6 is 0 Å². The normalized spacial score (nSPS) is 25.7. The Balaban J connectivity index is 2.38. The van der Waals surface area contributed by atoms with Crippen LogP contribution in [0.25, 0.3) is 5.53 Å². The molecule has 0 aliphatic carbocycles. The first-order chi connectivity index (χ1) is 7.43. The van der Waals surface area contributed by atoms with Crippen molar-refractivity contribution >= 4 is 12.2 Å². The van der Waals surface area contributed by atoms with Gasteiger partial charge in [-0.1, -0.05) is 20.8 Å². The summed E-state index contributed by atoms with van der Waals surface area (Å²) in [7, 11) is 0. The molecular formula is C10H16N2O4. The van der Waals surface area contributed by atoms with E-state index in [9.17, 15) is 4.79 Å². The lowest BCUT2D eigenvalue weighted by molar-refractivity contribution is -0.256. The molecule has 6 heteroatoms. The summed E-state index contributed by atoms with van der Waals surface area (Å²) >= 11 is 0. The second kappa shape index (κ2) is 5.21. The molecule has 6 nitrogen and oxygen atoms in total. The van der Waals surface area contributed by atoms with Gasteiger partial charge in [0.05, 0.1) is 13.2 Å². The molecule has 0 N–H and O–H groups in total. The fourth-order valence-electron chi connectivity index (χ4n) is 1.30. The SMILES string of the molecule is CC(C)(C)C1OCC(OC(=O)C=[N+]=[N-])CO1. The zero-order chi connectivity index (χ0) is 12.2. The maximum absolute atomic E-state index is 10.9. The van der Waals surface area contributed by atoms with Crippen LogP contribution in [0.5, 0.6) is 0 Å². The second-order valence-electron chi connectivity index (χ2n) is 4.67. The quantitative estimate of drug-likeness (QED) is 0.300. The first-order valence-corrected chi connectivity index (χ1v) is 5.04. The molecule has 0 atom stereocenters. The predicted molar refractivity (Wildman–Crippen MR) is 54.7 cm³/mol. The molecule has 0 aromatic rings. The van der Waals surface area contributed by atoms with Gasteiger partial charge in [0, 0.05) is 5.41 Å². The van der Waals surface area contributed by atoms with E-state index in [1.54, 1.807) is 0 Å². The molecule has 0 radical (unpaired) electrons. The minimum Gasteiger partial charge on any atom is -0.449 e. The van der Waals surface area contributed by atoms with Crippen LogP contribution in [0.4, 0.5) is 0 Å². The average molecular weight is 228 g/mol. The monoisotopic (exact) mass is 228 g/mol. The summed E-state index contributed by atoms with van der Waals surface area (Å²) in [6.45, 7) is 6.58. The Morgan fingerprint density at radius 3 is 2.44 bits per heavy atom. The van der Waals surface area contributed by atoms with E-state index in [-0.39, 0.29) is 24.9 Å². The van der Waals surface area contributed by atoms with E-state index in [1.165, 1.54) is 0 Å². The van der Waals surface area contributed by atoms with Crippen LogP contribution in [0.3, 0.4) is 0 Å². The molecule has 0 unspecified atom stereocenters. The van der Waals surface area contributed by atoms with Crippen LogP contribution in [0.15, 0.2) is 0 Å². The van der Waals surface area contributed by atoms with E-state index in [0.717, 1.165) is 0 Å². The van der Waals surface area contributed by atoms with E-state index in [0.29, 0.717) is 6.21 Å². The first-order valence-electron chi connectivity index (χ1n) is 5.04. The molecule has 90 valence electrons. The third kappa shape index (κ3) is 3.73. The number of ether oxygens (including phenoxy) is 3. The highest BCUT2D eigenvalue weighted by Gasteiger charge is 2.33. The Labute approximate surface area is 94.1 Å². The molecule has 1 rings (SSSR count). The highest BCUT2D eigenvalue weighted by atomic mass is 16.7. The number of carbonyl (C=O) groups excluding carboxylic acids is 1. The third-order valence-electron chi connectivity index (χ3n) is 2.02. The van der Waals surface area contributed by atoms with E-state index >= 15 is 0 Å². The standard InChI is InChI=1S/C10H16N2O4/c1-10(2,3)9-14-5-7(6-15-9)16-8(13)4-12-11/h4,7,9H,5-6H2,1-3H3. The van der Waals surface area contributed by atoms with Crippen molar-refractivity contribution < 1.29 is 23.8 Å². The molecule has 1 fully saturated rings. The van der Waals surface area contributed by atoms with Crippen LogP contribution in [-0.2, 0) is 19.0 Å². The molecule has 1 saturated heterocycles. The van der Waals surface area contributed by atoms with Gasteiger partial charge in [0.2, 0.25) is 0 Å². The largest absolute Gasteiger partial charge is 0.449 e. The Morgan fingerprint density at radius 2 is 2.00 bits per heavy atom. The van der Waals surface area contributed by atoms with Crippen molar-refractivity contribution in [3.63, 3.8) is 0 Å². The molecule has 0 saturated carbocycles. The van der Waals surface area contributed by atoms with Crippen molar-refractivity contribution in [2.75, 3.05) is 13.2 Å². The molecule has 0 spiro atoms. The first kappa shape index (κ1) is 12.8. The molecule has 1 heterocycles. The average Bonchev–Trinajstić information content (AvgIpc) is 2.17. The number of hydrogen-bond donors (Lipinski definition) is 0. The van der Waals surface area contributed by atoms with Gasteiger partial charge in [-0.3, -0.25) is 0 Å². The lowest BCUT2D eigenvalue weighted by Crippen LogP contribution is -2.44. The van der Waals surface area contributed by atoms with Crippen molar-refractivity contribution in [2.45, 2.75) is 33.2 Å². The summed E-state index contributed by atoms with van der Waals surface area (Å²) in [5.41, 5.74) is 8.01. The van der Waals surface area contributed by atoms with Gasteiger partial charge >= 0.3 is 12.2 Å². The fraction of sp³-hybridized carbons (Fsp3) is 0.800. The van der Waals surface area contributed by atoms with Crippen LogP contribution in [0.2, 0.25) is 0 Å². The van der Waals surface area contributed by atoms with Crippen molar-refractivity contribution in [1.29, 1.82) is 0 Å². The summed E-state index contributed by atoms with van der Waals surface area (Å²) in [5.74, 6) is -0.714. The van der Waals surface area contributed by atoms with Gasteiger partial charge in [0.1, 0.15) is 6.10 Å². The molecule has 0 aromatic heterocycles. The summed E-state index contributed by atoms with van der Waals surface area (Å²) in [5, 5.41) is 0. The summed E-state index contributed by atoms with van der Waals surface area (Å²) < 4.78 is 15.7. The molecule has 0 amide bonds. The highest BCUT2D eigenvalue weighted by molar-refractivity contribution is 6.20. The summed E-state index contributed by atoms with van der Waals surface area (Å²) in [6, 6.07) is 0. The van der Waals surface area contributed by atoms with Crippen LogP contribution in [0.1, 0.15) is 20.8 Å². The topological polar surface area (TPSA) is 81.2 Å². The maximum atomic E-state index is 10.9. The van der Waals surface area contributed by atoms with Crippen molar-refractivity contribution in [3.05, 3.63) is 5.53 Å². The van der Waals surface area contributed by atoms with Gasteiger partial charge in [-0.15, -0.1) is 0 Å². The number of esters is 1. The fourth-order valence-corrected chi connectivity index (χ4v) is 1.30. The van der Waals surface area contributed by atoms with E-state index in [4.69, 9.17) is 19.7 Å². The van der Waals surface area contributed by atoms with Crippen molar-refractivity contribution in [2.24, 2.45) is 5.41 Å². The van der Waals surface area contributed by atoms with E-state index in [1.807, 2.05) is 20.8 Å². The Hall–Kier alpha value is -1.23. The van der Waals surface area contributed by atoms with Crippen LogP contribution in [-0.4, -0.2) is 42.6 Å². The predicted octanol–water partition coefficient (Wildman–Crippen LogP) is 0.618. The van der Waals surface area contributed by atoms with E-state index in [2.05, 4.69) is 4.79 Å². The molecular weight excluding hydrogens is 212 g/mol. The molecule has 0 aromatic carbocycles. The molecule has 0 bridgehead atoms. The Kier molecular flexibility index (Phi) is 4.18. The van der Waals surface area contributed by atoms with E-state index < -0.39 is 12.1 Å². The molecule has 1 aliphatic heterocycles. The third-order valence-corrected chi connectivity index (χ3v) is 2.02. The lowest BCUT2D eigenvalue weighted by Gasteiger charge is -2.36. The van der Waals surface area contributed by atoms with Crippen molar-refractivity contribution in [3.8, 4) is 0 Å². The molecule has 16 heavy (non-hydrogen) atoms. The molecule has 1 aliphatic rings. The Morgan fingerprint density at radius 1 is 1.44 bits per heavy atom. The van der Waals surface area contributed by atoms with Crippen LogP contribution < -0.4 is 0 Å². The van der Waals surface area contributed by atoms with Gasteiger partial charge < -0.3 is 19.7 Å². The summed E-state index contributed by atoms with van der Waals surface area (Å²) in [6.07, 6.45) is -0.0615. The number of rotatable bonds is 2. The maximum Gasteiger partial charge on any atom is 0.414 e. The van der Waals surface area contributed by atoms with Gasteiger partial charge in [0.15, 0.2) is 6.29 Å². The lowest BCUT2D eigenvalue weighted by atomic mass is 9.95. The van der Waals surface area contributed by atoms with Gasteiger partial charge in [-0.25, -0.2) is 4.79 Å². The highest BCUT2D eigenvalue weighted by Crippen LogP contribution is 2.26. The number of carbonyl (C=O) groups is 1. The van der Waals surface area contributed by atoms with Crippen LogP contribution in [0, 0.1) is 5.41 Å². The van der Waals surface area contributed by atoms with Gasteiger partial charge in [-0.2, -0.15) is 4.79 Å². The minimum absolute atomic E-state index is 0.110. The minimum atomic E-state index is -0.714. The number of nitrogens with zero attached hydrogens (tertiary/aromatic N) is 2. The zero-order valence-electron chi connectivity index (χ0n) is 9.67. The second-order valence-corrected chi connectivity index (χ2v) is 4.67. The smallest absolute Gasteiger partial charge is 0.414 e. The Bertz CT molecular complexity index is 296. The summed E-state index contributed by atoms with van der Waals surface area (Å²) in [4.78, 5) is 13.5. The number of hydrogen-bond acceptors (Lipinski definition) is 4. The van der Waals surface area contributed by atoms with Crippen molar-refractivity contribution in [1.82, 2.24) is 0 Å².